The molecule has 1 fully saturated rings. The largest absolute Gasteiger partial charge is 2.00 e. The van der Waals surface area contributed by atoms with E-state index in [0.717, 1.165) is 37.6 Å². The van der Waals surface area contributed by atoms with Gasteiger partial charge in [0, 0.05) is 64.5 Å². The molecule has 0 radical (unpaired) electrons. The van der Waals surface area contributed by atoms with E-state index in [9.17, 15) is 33.8 Å². The van der Waals surface area contributed by atoms with Gasteiger partial charge in [-0.2, -0.15) is 10.5 Å². The second-order valence-electron chi connectivity index (χ2n) is 12.2. The molecule has 4 aromatic rings. The van der Waals surface area contributed by atoms with Crippen molar-refractivity contribution in [3.8, 4) is 12.1 Å². The van der Waals surface area contributed by atoms with Gasteiger partial charge in [0.15, 0.2) is 0 Å². The van der Waals surface area contributed by atoms with Crippen LogP contribution < -0.4 is 0 Å². The van der Waals surface area contributed by atoms with Gasteiger partial charge in [-0.3, -0.25) is 19.8 Å². The summed E-state index contributed by atoms with van der Waals surface area (Å²) in [4.78, 5) is 14.7. The summed E-state index contributed by atoms with van der Waals surface area (Å²) >= 11 is -22.5. The van der Waals surface area contributed by atoms with E-state index >= 15 is 0 Å². The molecule has 6 nitrogen and oxygen atoms in total. The molecular weight excluding hydrogens is 1040 g/mol. The van der Waals surface area contributed by atoms with Crippen molar-refractivity contribution in [2.24, 2.45) is 0 Å². The molecule has 0 aliphatic heterocycles. The third kappa shape index (κ3) is 33.6. The first kappa shape index (κ1) is 54.0. The zero-order valence-corrected chi connectivity index (χ0v) is 36.9. The van der Waals surface area contributed by atoms with Gasteiger partial charge in [-0.05, 0) is 48.2 Å². The van der Waals surface area contributed by atoms with Gasteiger partial charge < -0.3 is 0 Å². The van der Waals surface area contributed by atoms with Gasteiger partial charge in [0.2, 0.25) is 0 Å². The Hall–Kier alpha value is -3.04. The molecule has 0 saturated heterocycles. The Morgan fingerprint density at radius 1 is 0.509 bits per heavy atom. The van der Waals surface area contributed by atoms with Crippen LogP contribution in [0.4, 0.5) is 33.8 Å². The number of aromatic nitrogens is 2. The van der Waals surface area contributed by atoms with E-state index in [0.29, 0.717) is 12.1 Å². The molecule has 0 amide bonds. The molecule has 318 valence electrons. The smallest absolute Gasteiger partial charge is 0.289 e. The zero-order valence-electron chi connectivity index (χ0n) is 30.7. The summed E-state index contributed by atoms with van der Waals surface area (Å²) in [6, 6.07) is 38.7. The first-order chi connectivity index (χ1) is 25.6. The van der Waals surface area contributed by atoms with E-state index in [1.807, 2.05) is 24.5 Å². The van der Waals surface area contributed by atoms with Crippen molar-refractivity contribution in [2.75, 3.05) is 0 Å². The van der Waals surface area contributed by atoms with Gasteiger partial charge in [-0.25, -0.2) is 0 Å². The molecule has 2 atom stereocenters. The predicted molar refractivity (Wildman–Crippen MR) is 193 cm³/mol. The van der Waals surface area contributed by atoms with Crippen LogP contribution in [0.3, 0.4) is 0 Å². The molecule has 0 N–H and O–H groups in total. The maximum Gasteiger partial charge on any atom is 2.00 e. The van der Waals surface area contributed by atoms with Crippen LogP contribution >= 0.6 is 0 Å². The Balaban J connectivity index is 0.00000124. The van der Waals surface area contributed by atoms with Gasteiger partial charge in [0.1, 0.15) is 0 Å². The van der Waals surface area contributed by atoms with E-state index in [1.165, 1.54) is 50.7 Å². The molecule has 0 bridgehead atoms. The maximum atomic E-state index is 9.93. The van der Waals surface area contributed by atoms with Crippen LogP contribution in [-0.2, 0) is 43.2 Å². The Morgan fingerprint density at radius 2 is 0.772 bits per heavy atom. The van der Waals surface area contributed by atoms with Crippen LogP contribution in [0.15, 0.2) is 109 Å². The van der Waals surface area contributed by atoms with E-state index in [4.69, 9.17) is 20.5 Å². The molecule has 0 unspecified atom stereocenters. The van der Waals surface area contributed by atoms with Crippen molar-refractivity contribution in [1.29, 1.82) is 10.5 Å². The number of pyridine rings is 2. The molecule has 1 saturated carbocycles. The minimum absolute atomic E-state index is 0. The summed E-state index contributed by atoms with van der Waals surface area (Å²) in [6.45, 7) is 6.45. The number of hydrogen-bond donors (Lipinski definition) is 0. The van der Waals surface area contributed by atoms with E-state index in [2.05, 4.69) is 94.7 Å². The molecule has 0 spiro atoms. The van der Waals surface area contributed by atoms with Crippen LogP contribution in [0.25, 0.3) is 0 Å². The molecule has 2 aromatic carbocycles. The van der Waals surface area contributed by atoms with Gasteiger partial charge in [-0.1, -0.05) is 85.6 Å². The predicted octanol–water partition coefficient (Wildman–Crippen LogP) is 11.8. The third-order valence-corrected chi connectivity index (χ3v) is 7.27. The Bertz CT molecular complexity index is 1560. The fourth-order valence-corrected chi connectivity index (χ4v) is 5.56. The average Bonchev–Trinajstić information content (AvgIpc) is 3.08. The van der Waals surface area contributed by atoms with Crippen molar-refractivity contribution < 1.29 is 50.8 Å². The molecule has 2 aromatic heterocycles. The second kappa shape index (κ2) is 21.8. The molecule has 5 rings (SSSR count). The topological polar surface area (TPSA) is 79.8 Å². The van der Waals surface area contributed by atoms with Gasteiger partial charge >= 0.3 is 89.8 Å². The van der Waals surface area contributed by atoms with Gasteiger partial charge in [0.05, 0.1) is 23.5 Å². The average molecular weight is 1090 g/mol. The number of halogens is 12. The van der Waals surface area contributed by atoms with E-state index < -0.39 is 39.0 Å². The van der Waals surface area contributed by atoms with Crippen LogP contribution in [0.2, 0.25) is 0 Å². The second-order valence-corrected chi connectivity index (χ2v) is 23.1. The first-order valence-electron chi connectivity index (χ1n) is 16.7. The van der Waals surface area contributed by atoms with Crippen molar-refractivity contribution >= 4 is 39.0 Å². The molecule has 1 aliphatic carbocycles. The Kier molecular flexibility index (Phi) is 20.6. The molecule has 21 heteroatoms. The SMILES string of the molecule is CC#N.CC#N.[F][Sb-]([F])([F])([F])([F])[F].[F][Sb-]([F])([F])([F])([F])[F].[Fe+2].c1ccc(CN(Cc2ccccn2)[C@@H]2CCCC[C@H]2N(Cc2ccccc2)Cc2ccccn2)cc1. The van der Waals surface area contributed by atoms with E-state index in [-0.39, 0.29) is 17.1 Å². The number of nitriles is 2. The van der Waals surface area contributed by atoms with E-state index in [1.54, 1.807) is 12.1 Å². The minimum atomic E-state index is -11.2. The number of hydrogen-bond acceptors (Lipinski definition) is 6. The Labute approximate surface area is 339 Å². The standard InChI is InChI=1S/C32H36N4.2C2H3N.12FH.Fe.2Sb/c1-3-13-27(14-4-1)23-35(25-29-17-9-11-21-33-29)31-19-7-8-20-32(31)36(24-28-15-5-2-6-16-28)26-30-18-10-12-22-34-30;2*1-2-3;;;;;;;;;;;;;;;/h1-6,9-18,21-22,31-32H,7-8,19-20,23-26H2;2*1H3;12*1H;;;/q;;;;;;;;;;;;;;;+2;2*+5/p-12/t31-,32-;;;;;;;;;;;;;;;;;/m1................./s1. The van der Waals surface area contributed by atoms with Gasteiger partial charge in [-0.15, -0.1) is 0 Å². The Morgan fingerprint density at radius 3 is 1.02 bits per heavy atom. The summed E-state index contributed by atoms with van der Waals surface area (Å²) in [5.74, 6) is 0. The monoisotopic (exact) mass is 1080 g/mol. The molecular formula is C36H42F12FeN6Sb2. The first-order valence-corrected chi connectivity index (χ1v) is 28.3. The van der Waals surface area contributed by atoms with Crippen molar-refractivity contribution in [3.05, 3.63) is 132 Å². The maximum absolute atomic E-state index is 11.2. The van der Waals surface area contributed by atoms with Crippen LogP contribution in [0.5, 0.6) is 0 Å². The fraction of sp³-hybridized carbons (Fsp3) is 0.333. The van der Waals surface area contributed by atoms with Gasteiger partial charge in [0.25, 0.3) is 0 Å². The zero-order chi connectivity index (χ0) is 42.6. The third-order valence-electron chi connectivity index (χ3n) is 7.27. The molecule has 1 aliphatic rings. The van der Waals surface area contributed by atoms with Crippen molar-refractivity contribution in [1.82, 2.24) is 19.8 Å². The van der Waals surface area contributed by atoms with Crippen molar-refractivity contribution in [3.63, 3.8) is 0 Å². The molecule has 2 heterocycles. The summed E-state index contributed by atoms with van der Waals surface area (Å²) < 4.78 is 119. The van der Waals surface area contributed by atoms with Crippen molar-refractivity contribution in [2.45, 2.75) is 77.8 Å². The summed E-state index contributed by atoms with van der Waals surface area (Å²) in [5, 5.41) is 14.6. The fourth-order valence-electron chi connectivity index (χ4n) is 5.56. The summed E-state index contributed by atoms with van der Waals surface area (Å²) in [6.07, 6.45) is 8.79. The minimum Gasteiger partial charge on any atom is -0.289 e. The van der Waals surface area contributed by atoms with Crippen LogP contribution in [-0.4, -0.2) is 70.8 Å². The quantitative estimate of drug-likeness (QED) is 0.116. The number of nitrogens with zero attached hydrogens (tertiary/aromatic N) is 6. The normalized spacial score (nSPS) is 17.3. The number of benzene rings is 2. The summed E-state index contributed by atoms with van der Waals surface area (Å²) in [5.41, 5.74) is 4.99. The van der Waals surface area contributed by atoms with Crippen LogP contribution in [0.1, 0.15) is 62.0 Å². The number of rotatable bonds is 10. The molecule has 57 heavy (non-hydrogen) atoms. The summed E-state index contributed by atoms with van der Waals surface area (Å²) in [7, 11) is 0. The van der Waals surface area contributed by atoms with Crippen LogP contribution in [0, 0.1) is 22.7 Å².